The van der Waals surface area contributed by atoms with Crippen molar-refractivity contribution in [3.05, 3.63) is 89.2 Å². The fourth-order valence-electron chi connectivity index (χ4n) is 3.10. The van der Waals surface area contributed by atoms with Crippen molar-refractivity contribution in [1.82, 2.24) is 9.97 Å². The summed E-state index contributed by atoms with van der Waals surface area (Å²) >= 11 is 1.55. The van der Waals surface area contributed by atoms with Gasteiger partial charge in [-0.1, -0.05) is 41.7 Å². The van der Waals surface area contributed by atoms with Crippen molar-refractivity contribution >= 4 is 32.6 Å². The topological polar surface area (TPSA) is 46.1 Å². The third-order valence-corrected chi connectivity index (χ3v) is 5.58. The van der Waals surface area contributed by atoms with E-state index in [1.54, 1.807) is 22.4 Å². The maximum atomic E-state index is 13.2. The second-order valence-corrected chi connectivity index (χ2v) is 7.48. The van der Waals surface area contributed by atoms with Gasteiger partial charge in [-0.15, -0.1) is 0 Å². The van der Waals surface area contributed by atoms with Gasteiger partial charge < -0.3 is 0 Å². The molecule has 27 heavy (non-hydrogen) atoms. The standard InChI is InChI=1S/C22H19N3OS/c1-15-12-16(2)20-19(13-15)24-22(27-20)25(14-18-10-6-7-11-23-18)21(26)17-8-4-3-5-9-17/h3-13H,14H2,1-2H3. The Balaban J connectivity index is 1.80. The van der Waals surface area contributed by atoms with E-state index in [0.717, 1.165) is 15.9 Å². The van der Waals surface area contributed by atoms with E-state index in [1.165, 1.54) is 11.1 Å². The number of pyridine rings is 1. The molecule has 0 bridgehead atoms. The first-order valence-electron chi connectivity index (χ1n) is 8.76. The van der Waals surface area contributed by atoms with Crippen LogP contribution in [0.25, 0.3) is 10.2 Å². The first kappa shape index (κ1) is 17.4. The van der Waals surface area contributed by atoms with Crippen molar-refractivity contribution in [3.63, 3.8) is 0 Å². The molecule has 0 fully saturated rings. The molecular weight excluding hydrogens is 354 g/mol. The van der Waals surface area contributed by atoms with E-state index in [4.69, 9.17) is 4.98 Å². The van der Waals surface area contributed by atoms with Crippen molar-refractivity contribution in [2.24, 2.45) is 0 Å². The second-order valence-electron chi connectivity index (χ2n) is 6.50. The number of aromatic nitrogens is 2. The Morgan fingerprint density at radius 2 is 1.81 bits per heavy atom. The molecule has 5 heteroatoms. The van der Waals surface area contributed by atoms with Gasteiger partial charge in [-0.2, -0.15) is 0 Å². The SMILES string of the molecule is Cc1cc(C)c2sc(N(Cc3ccccn3)C(=O)c3ccccc3)nc2c1. The van der Waals surface area contributed by atoms with Gasteiger partial charge in [-0.25, -0.2) is 4.98 Å². The summed E-state index contributed by atoms with van der Waals surface area (Å²) in [5, 5.41) is 0.693. The summed E-state index contributed by atoms with van der Waals surface area (Å²) in [5.41, 5.74) is 4.75. The maximum Gasteiger partial charge on any atom is 0.260 e. The molecule has 0 aliphatic carbocycles. The molecule has 4 nitrogen and oxygen atoms in total. The molecule has 2 heterocycles. The minimum Gasteiger partial charge on any atom is -0.278 e. The number of carbonyl (C=O) groups excluding carboxylic acids is 1. The molecule has 0 aliphatic heterocycles. The molecule has 2 aromatic carbocycles. The third kappa shape index (κ3) is 3.59. The highest BCUT2D eigenvalue weighted by atomic mass is 32.1. The summed E-state index contributed by atoms with van der Waals surface area (Å²) in [5.74, 6) is -0.0744. The van der Waals surface area contributed by atoms with Crippen LogP contribution in [0, 0.1) is 13.8 Å². The van der Waals surface area contributed by atoms with Crippen LogP contribution in [-0.2, 0) is 6.54 Å². The van der Waals surface area contributed by atoms with Crippen LogP contribution in [0.15, 0.2) is 66.9 Å². The highest BCUT2D eigenvalue weighted by Gasteiger charge is 2.22. The first-order valence-corrected chi connectivity index (χ1v) is 9.58. The number of carbonyl (C=O) groups is 1. The number of hydrogen-bond donors (Lipinski definition) is 0. The molecule has 0 saturated heterocycles. The second kappa shape index (κ2) is 7.29. The molecular formula is C22H19N3OS. The quantitative estimate of drug-likeness (QED) is 0.497. The van der Waals surface area contributed by atoms with E-state index in [2.05, 4.69) is 31.0 Å². The lowest BCUT2D eigenvalue weighted by atomic mass is 10.1. The summed E-state index contributed by atoms with van der Waals surface area (Å²) in [6, 6.07) is 19.2. The number of aryl methyl sites for hydroxylation is 2. The zero-order valence-electron chi connectivity index (χ0n) is 15.2. The molecule has 0 saturated carbocycles. The number of hydrogen-bond acceptors (Lipinski definition) is 4. The Morgan fingerprint density at radius 3 is 2.56 bits per heavy atom. The number of amides is 1. The Kier molecular flexibility index (Phi) is 4.69. The van der Waals surface area contributed by atoms with Gasteiger partial charge in [0.05, 0.1) is 22.5 Å². The normalized spacial score (nSPS) is 10.9. The first-order chi connectivity index (χ1) is 13.1. The van der Waals surface area contributed by atoms with E-state index in [1.807, 2.05) is 48.5 Å². The average Bonchev–Trinajstić information content (AvgIpc) is 3.11. The predicted octanol–water partition coefficient (Wildman–Crippen LogP) is 5.16. The van der Waals surface area contributed by atoms with Crippen LogP contribution in [0.3, 0.4) is 0 Å². The summed E-state index contributed by atoms with van der Waals surface area (Å²) in [7, 11) is 0. The van der Waals surface area contributed by atoms with Crippen molar-refractivity contribution in [2.75, 3.05) is 4.90 Å². The van der Waals surface area contributed by atoms with E-state index in [9.17, 15) is 4.79 Å². The minimum absolute atomic E-state index is 0.0744. The minimum atomic E-state index is -0.0744. The van der Waals surface area contributed by atoms with E-state index in [-0.39, 0.29) is 5.91 Å². The van der Waals surface area contributed by atoms with Crippen LogP contribution in [-0.4, -0.2) is 15.9 Å². The highest BCUT2D eigenvalue weighted by molar-refractivity contribution is 7.22. The van der Waals surface area contributed by atoms with Crippen LogP contribution in [0.4, 0.5) is 5.13 Å². The Hall–Kier alpha value is -3.05. The van der Waals surface area contributed by atoms with Crippen molar-refractivity contribution < 1.29 is 4.79 Å². The van der Waals surface area contributed by atoms with Crippen LogP contribution < -0.4 is 4.90 Å². The summed E-state index contributed by atoms with van der Waals surface area (Å²) < 4.78 is 1.11. The van der Waals surface area contributed by atoms with Gasteiger partial charge in [-0.3, -0.25) is 14.7 Å². The van der Waals surface area contributed by atoms with Crippen molar-refractivity contribution in [2.45, 2.75) is 20.4 Å². The predicted molar refractivity (Wildman–Crippen MR) is 110 cm³/mol. The zero-order chi connectivity index (χ0) is 18.8. The van der Waals surface area contributed by atoms with Crippen molar-refractivity contribution in [1.29, 1.82) is 0 Å². The molecule has 0 radical (unpaired) electrons. The van der Waals surface area contributed by atoms with Crippen molar-refractivity contribution in [3.8, 4) is 0 Å². The molecule has 0 spiro atoms. The number of nitrogens with zero attached hydrogens (tertiary/aromatic N) is 3. The molecule has 4 aromatic rings. The zero-order valence-corrected chi connectivity index (χ0v) is 16.0. The van der Waals surface area contributed by atoms with Gasteiger partial charge in [0.2, 0.25) is 0 Å². The van der Waals surface area contributed by atoms with Gasteiger partial charge >= 0.3 is 0 Å². The lowest BCUT2D eigenvalue weighted by Gasteiger charge is -2.19. The number of fused-ring (bicyclic) bond motifs is 1. The molecule has 134 valence electrons. The summed E-state index contributed by atoms with van der Waals surface area (Å²) in [6.07, 6.45) is 1.74. The van der Waals surface area contributed by atoms with Crippen LogP contribution in [0.1, 0.15) is 27.2 Å². The fraction of sp³-hybridized carbons (Fsp3) is 0.136. The smallest absolute Gasteiger partial charge is 0.260 e. The van der Waals surface area contributed by atoms with E-state index in [0.29, 0.717) is 17.2 Å². The molecule has 0 aliphatic rings. The van der Waals surface area contributed by atoms with E-state index >= 15 is 0 Å². The summed E-state index contributed by atoms with van der Waals surface area (Å²) in [6.45, 7) is 4.53. The van der Waals surface area contributed by atoms with Gasteiger partial charge in [0.1, 0.15) is 0 Å². The monoisotopic (exact) mass is 373 g/mol. The van der Waals surface area contributed by atoms with Crippen LogP contribution >= 0.6 is 11.3 Å². The van der Waals surface area contributed by atoms with Gasteiger partial charge in [-0.05, 0) is 55.3 Å². The molecule has 4 rings (SSSR count). The highest BCUT2D eigenvalue weighted by Crippen LogP contribution is 2.33. The molecule has 0 unspecified atom stereocenters. The third-order valence-electron chi connectivity index (χ3n) is 4.35. The van der Waals surface area contributed by atoms with Gasteiger partial charge in [0.25, 0.3) is 5.91 Å². The maximum absolute atomic E-state index is 13.2. The Morgan fingerprint density at radius 1 is 1.04 bits per heavy atom. The number of anilines is 1. The van der Waals surface area contributed by atoms with Crippen LogP contribution in [0.5, 0.6) is 0 Å². The molecule has 2 aromatic heterocycles. The van der Waals surface area contributed by atoms with E-state index < -0.39 is 0 Å². The Bertz CT molecular complexity index is 1090. The number of thiazole rings is 1. The van der Waals surface area contributed by atoms with Gasteiger partial charge in [0, 0.05) is 11.8 Å². The molecule has 0 N–H and O–H groups in total. The largest absolute Gasteiger partial charge is 0.278 e. The lowest BCUT2D eigenvalue weighted by Crippen LogP contribution is -2.30. The molecule has 0 atom stereocenters. The number of benzene rings is 2. The van der Waals surface area contributed by atoms with Gasteiger partial charge in [0.15, 0.2) is 5.13 Å². The van der Waals surface area contributed by atoms with Crippen LogP contribution in [0.2, 0.25) is 0 Å². The lowest BCUT2D eigenvalue weighted by molar-refractivity contribution is 0.0985. The number of rotatable bonds is 4. The summed E-state index contributed by atoms with van der Waals surface area (Å²) in [4.78, 5) is 24.1. The molecule has 1 amide bonds. The average molecular weight is 373 g/mol. The Labute approximate surface area is 162 Å². The fourth-order valence-corrected chi connectivity index (χ4v) is 4.11.